The van der Waals surface area contributed by atoms with Gasteiger partial charge in [-0.05, 0) is 17.5 Å². The molecule has 0 aliphatic carbocycles. The van der Waals surface area contributed by atoms with Crippen LogP contribution in [0.15, 0.2) is 18.2 Å². The van der Waals surface area contributed by atoms with Crippen LogP contribution in [0.25, 0.3) is 0 Å². The Kier molecular flexibility index (Phi) is 5.28. The van der Waals surface area contributed by atoms with Gasteiger partial charge >= 0.3 is 0 Å². The Hall–Kier alpha value is -1.42. The zero-order chi connectivity index (χ0) is 13.7. The van der Waals surface area contributed by atoms with Crippen LogP contribution in [0.5, 0.6) is 5.75 Å². The number of methoxy groups -OCH3 is 1. The largest absolute Gasteiger partial charge is 0.494 e. The van der Waals surface area contributed by atoms with E-state index in [4.69, 9.17) is 10.5 Å². The van der Waals surface area contributed by atoms with Crippen molar-refractivity contribution in [3.8, 4) is 5.75 Å². The van der Waals surface area contributed by atoms with Crippen LogP contribution in [0.4, 0.5) is 4.39 Å². The first kappa shape index (κ1) is 14.6. The van der Waals surface area contributed by atoms with Gasteiger partial charge < -0.3 is 10.5 Å². The van der Waals surface area contributed by atoms with Crippen molar-refractivity contribution in [1.82, 2.24) is 0 Å². The van der Waals surface area contributed by atoms with Gasteiger partial charge in [0.25, 0.3) is 0 Å². The van der Waals surface area contributed by atoms with E-state index in [0.29, 0.717) is 5.56 Å². The standard InChI is InChI=1S/C14H20FNO2/c1-9(2)12(16)8-11(17)7-10-5-4-6-13(18-3)14(10)15/h4-6,9,12H,7-8,16H2,1-3H3. The maximum atomic E-state index is 13.8. The Morgan fingerprint density at radius 2 is 2.11 bits per heavy atom. The molecule has 18 heavy (non-hydrogen) atoms. The van der Waals surface area contributed by atoms with E-state index in [1.165, 1.54) is 13.2 Å². The molecule has 0 saturated heterocycles. The number of rotatable bonds is 6. The molecule has 0 bridgehead atoms. The molecular formula is C14H20FNO2. The van der Waals surface area contributed by atoms with E-state index >= 15 is 0 Å². The Morgan fingerprint density at radius 1 is 1.44 bits per heavy atom. The topological polar surface area (TPSA) is 52.3 Å². The van der Waals surface area contributed by atoms with Crippen LogP contribution in [0.1, 0.15) is 25.8 Å². The predicted octanol–water partition coefficient (Wildman–Crippen LogP) is 2.32. The molecule has 4 heteroatoms. The lowest BCUT2D eigenvalue weighted by molar-refractivity contribution is -0.119. The van der Waals surface area contributed by atoms with Crippen LogP contribution < -0.4 is 10.5 Å². The second kappa shape index (κ2) is 6.50. The number of hydrogen-bond donors (Lipinski definition) is 1. The highest BCUT2D eigenvalue weighted by molar-refractivity contribution is 5.81. The molecule has 2 N–H and O–H groups in total. The van der Waals surface area contributed by atoms with E-state index in [2.05, 4.69) is 0 Å². The van der Waals surface area contributed by atoms with E-state index in [-0.39, 0.29) is 36.3 Å². The zero-order valence-corrected chi connectivity index (χ0v) is 11.1. The van der Waals surface area contributed by atoms with Crippen LogP contribution in [0.3, 0.4) is 0 Å². The first-order valence-corrected chi connectivity index (χ1v) is 6.04. The van der Waals surface area contributed by atoms with Gasteiger partial charge in [0, 0.05) is 18.9 Å². The lowest BCUT2D eigenvalue weighted by Gasteiger charge is -2.14. The molecule has 1 unspecified atom stereocenters. The summed E-state index contributed by atoms with van der Waals surface area (Å²) >= 11 is 0. The molecule has 3 nitrogen and oxygen atoms in total. The quantitative estimate of drug-likeness (QED) is 0.846. The zero-order valence-electron chi connectivity index (χ0n) is 11.1. The number of ether oxygens (including phenoxy) is 1. The van der Waals surface area contributed by atoms with Crippen molar-refractivity contribution < 1.29 is 13.9 Å². The molecule has 0 aromatic heterocycles. The molecule has 1 atom stereocenters. The Morgan fingerprint density at radius 3 is 2.67 bits per heavy atom. The summed E-state index contributed by atoms with van der Waals surface area (Å²) in [7, 11) is 1.40. The van der Waals surface area contributed by atoms with E-state index in [0.717, 1.165) is 0 Å². The summed E-state index contributed by atoms with van der Waals surface area (Å²) in [5.74, 6) is -0.118. The van der Waals surface area contributed by atoms with E-state index in [1.54, 1.807) is 12.1 Å². The average Bonchev–Trinajstić information content (AvgIpc) is 2.31. The highest BCUT2D eigenvalue weighted by Crippen LogP contribution is 2.21. The van der Waals surface area contributed by atoms with Crippen molar-refractivity contribution in [3.63, 3.8) is 0 Å². The SMILES string of the molecule is COc1cccc(CC(=O)CC(N)C(C)C)c1F. The molecule has 0 aliphatic heterocycles. The average molecular weight is 253 g/mol. The number of hydrogen-bond acceptors (Lipinski definition) is 3. The van der Waals surface area contributed by atoms with Crippen LogP contribution >= 0.6 is 0 Å². The summed E-state index contributed by atoms with van der Waals surface area (Å²) < 4.78 is 18.7. The lowest BCUT2D eigenvalue weighted by atomic mass is 9.96. The summed E-state index contributed by atoms with van der Waals surface area (Å²) in [5, 5.41) is 0. The first-order chi connectivity index (χ1) is 8.45. The highest BCUT2D eigenvalue weighted by atomic mass is 19.1. The molecule has 0 aliphatic rings. The number of carbonyl (C=O) groups is 1. The van der Waals surface area contributed by atoms with Crippen LogP contribution in [-0.4, -0.2) is 18.9 Å². The van der Waals surface area contributed by atoms with Gasteiger partial charge in [-0.2, -0.15) is 0 Å². The number of carbonyl (C=O) groups excluding carboxylic acids is 1. The van der Waals surface area contributed by atoms with Crippen LogP contribution in [0.2, 0.25) is 0 Å². The van der Waals surface area contributed by atoms with Crippen molar-refractivity contribution in [3.05, 3.63) is 29.6 Å². The van der Waals surface area contributed by atoms with Gasteiger partial charge in [-0.3, -0.25) is 4.79 Å². The van der Waals surface area contributed by atoms with Crippen LogP contribution in [-0.2, 0) is 11.2 Å². The minimum atomic E-state index is -0.466. The normalized spacial score (nSPS) is 12.6. The van der Waals surface area contributed by atoms with Gasteiger partial charge in [0.1, 0.15) is 5.78 Å². The van der Waals surface area contributed by atoms with Gasteiger partial charge in [0.2, 0.25) is 0 Å². The molecule has 0 radical (unpaired) electrons. The fourth-order valence-corrected chi connectivity index (χ4v) is 1.63. The number of Topliss-reactive ketones (excluding diaryl/α,β-unsaturated/α-hetero) is 1. The summed E-state index contributed by atoms with van der Waals surface area (Å²) in [6.45, 7) is 3.92. The number of nitrogens with two attached hydrogens (primary N) is 1. The third-order valence-electron chi connectivity index (χ3n) is 2.97. The molecule has 0 saturated carbocycles. The van der Waals surface area contributed by atoms with Crippen molar-refractivity contribution in [1.29, 1.82) is 0 Å². The first-order valence-electron chi connectivity index (χ1n) is 6.04. The summed E-state index contributed by atoms with van der Waals surface area (Å²) in [6.07, 6.45) is 0.331. The van der Waals surface area contributed by atoms with Crippen molar-refractivity contribution in [2.45, 2.75) is 32.7 Å². The van der Waals surface area contributed by atoms with Crippen LogP contribution in [0, 0.1) is 11.7 Å². The van der Waals surface area contributed by atoms with Gasteiger partial charge in [-0.15, -0.1) is 0 Å². The molecule has 1 rings (SSSR count). The number of halogens is 1. The van der Waals surface area contributed by atoms with E-state index in [1.807, 2.05) is 13.8 Å². The molecule has 100 valence electrons. The summed E-state index contributed by atoms with van der Waals surface area (Å²) in [6, 6.07) is 4.62. The van der Waals surface area contributed by atoms with Crippen molar-refractivity contribution in [2.24, 2.45) is 11.7 Å². The fourth-order valence-electron chi connectivity index (χ4n) is 1.63. The second-order valence-electron chi connectivity index (χ2n) is 4.76. The van der Waals surface area contributed by atoms with Gasteiger partial charge in [0.05, 0.1) is 7.11 Å². The molecule has 1 aromatic carbocycles. The van der Waals surface area contributed by atoms with E-state index < -0.39 is 5.82 Å². The molecular weight excluding hydrogens is 233 g/mol. The Balaban J connectivity index is 2.70. The monoisotopic (exact) mass is 253 g/mol. The maximum absolute atomic E-state index is 13.8. The molecule has 0 spiro atoms. The number of ketones is 1. The molecule has 1 aromatic rings. The van der Waals surface area contributed by atoms with E-state index in [9.17, 15) is 9.18 Å². The summed E-state index contributed by atoms with van der Waals surface area (Å²) in [4.78, 5) is 11.8. The third kappa shape index (κ3) is 3.81. The maximum Gasteiger partial charge on any atom is 0.168 e. The Labute approximate surface area is 107 Å². The summed E-state index contributed by atoms with van der Waals surface area (Å²) in [5.41, 5.74) is 6.18. The smallest absolute Gasteiger partial charge is 0.168 e. The number of benzene rings is 1. The molecule has 0 fully saturated rings. The highest BCUT2D eigenvalue weighted by Gasteiger charge is 2.16. The minimum Gasteiger partial charge on any atom is -0.494 e. The lowest BCUT2D eigenvalue weighted by Crippen LogP contribution is -2.29. The van der Waals surface area contributed by atoms with Gasteiger partial charge in [-0.25, -0.2) is 4.39 Å². The van der Waals surface area contributed by atoms with Crippen molar-refractivity contribution in [2.75, 3.05) is 7.11 Å². The Bertz CT molecular complexity index is 418. The second-order valence-corrected chi connectivity index (χ2v) is 4.76. The third-order valence-corrected chi connectivity index (χ3v) is 2.97. The minimum absolute atomic E-state index is 0.0525. The predicted molar refractivity (Wildman–Crippen MR) is 69.1 cm³/mol. The fraction of sp³-hybridized carbons (Fsp3) is 0.500. The van der Waals surface area contributed by atoms with Gasteiger partial charge in [-0.1, -0.05) is 26.0 Å². The molecule has 0 heterocycles. The van der Waals surface area contributed by atoms with Gasteiger partial charge in [0.15, 0.2) is 11.6 Å². The molecule has 0 amide bonds. The van der Waals surface area contributed by atoms with Crippen molar-refractivity contribution >= 4 is 5.78 Å².